The summed E-state index contributed by atoms with van der Waals surface area (Å²) >= 11 is 0. The average molecular weight is 502 g/mol. The predicted molar refractivity (Wildman–Crippen MR) is 138 cm³/mol. The van der Waals surface area contributed by atoms with Crippen LogP contribution in [0, 0.1) is 0 Å². The zero-order valence-electron chi connectivity index (χ0n) is 20.8. The van der Waals surface area contributed by atoms with E-state index in [0.717, 1.165) is 47.4 Å². The van der Waals surface area contributed by atoms with Crippen LogP contribution in [0.15, 0.2) is 67.0 Å². The summed E-state index contributed by atoms with van der Waals surface area (Å²) in [6, 6.07) is 19.9. The zero-order valence-corrected chi connectivity index (χ0v) is 20.8. The molecule has 4 atom stereocenters. The first-order chi connectivity index (χ1) is 18.1. The molecule has 1 fully saturated rings. The Kier molecular flexibility index (Phi) is 6.60. The molecule has 6 rings (SSSR count). The van der Waals surface area contributed by atoms with Gasteiger partial charge in [0, 0.05) is 6.54 Å². The number of aliphatic hydroxyl groups is 1. The van der Waals surface area contributed by atoms with E-state index in [-0.39, 0.29) is 6.61 Å². The molecule has 9 heteroatoms. The smallest absolute Gasteiger partial charge is 0.183 e. The van der Waals surface area contributed by atoms with Crippen molar-refractivity contribution in [1.82, 2.24) is 19.7 Å². The fraction of sp³-hybridized carbons (Fsp3) is 0.393. The van der Waals surface area contributed by atoms with Gasteiger partial charge in [0.2, 0.25) is 0 Å². The SMILES string of the molecule is C[C@]1(O)C(n2nc3c4c(ncnc42)NCCC3)O[C@H](COCc2ccccc2)[C@H]1OCc1ccccc1. The van der Waals surface area contributed by atoms with E-state index in [0.29, 0.717) is 18.9 Å². The summed E-state index contributed by atoms with van der Waals surface area (Å²) < 4.78 is 20.5. The van der Waals surface area contributed by atoms with E-state index >= 15 is 0 Å². The number of hydrogen-bond donors (Lipinski definition) is 2. The summed E-state index contributed by atoms with van der Waals surface area (Å²) in [6.45, 7) is 3.61. The van der Waals surface area contributed by atoms with Gasteiger partial charge < -0.3 is 24.6 Å². The largest absolute Gasteiger partial charge is 0.383 e. The normalized spacial score (nSPS) is 25.2. The van der Waals surface area contributed by atoms with Crippen molar-refractivity contribution in [2.24, 2.45) is 0 Å². The number of hydrogen-bond acceptors (Lipinski definition) is 8. The van der Waals surface area contributed by atoms with E-state index in [1.165, 1.54) is 6.33 Å². The topological polar surface area (TPSA) is 104 Å². The van der Waals surface area contributed by atoms with Gasteiger partial charge in [0.05, 0.1) is 30.9 Å². The fourth-order valence-electron chi connectivity index (χ4n) is 5.21. The number of aromatic nitrogens is 4. The van der Waals surface area contributed by atoms with Crippen LogP contribution >= 0.6 is 0 Å². The number of nitrogens with one attached hydrogen (secondary N) is 1. The number of ether oxygens (including phenoxy) is 3. The Balaban J connectivity index is 1.29. The highest BCUT2D eigenvalue weighted by atomic mass is 16.6. The standard InChI is InChI=1S/C28H31N5O4/c1-28(34)24(36-16-20-11-6-3-7-12-20)22(17-35-15-19-9-4-2-5-10-19)37-27(28)33-26-23-21(32-33)13-8-14-29-25(23)30-18-31-26/h2-7,9-12,18,22,24,27,34H,8,13-17H2,1H3,(H,29,30,31)/t22-,24-,27?,28-/m1/s1. The molecule has 2 aliphatic rings. The second kappa shape index (κ2) is 10.2. The quantitative estimate of drug-likeness (QED) is 0.377. The molecule has 9 nitrogen and oxygen atoms in total. The van der Waals surface area contributed by atoms with Crippen molar-refractivity contribution < 1.29 is 19.3 Å². The van der Waals surface area contributed by atoms with Crippen molar-refractivity contribution in [3.8, 4) is 0 Å². The molecule has 0 spiro atoms. The third-order valence-corrected chi connectivity index (χ3v) is 7.05. The van der Waals surface area contributed by atoms with Crippen LogP contribution in [-0.2, 0) is 33.8 Å². The lowest BCUT2D eigenvalue weighted by molar-refractivity contribution is -0.116. The monoisotopic (exact) mass is 501 g/mol. The zero-order chi connectivity index (χ0) is 25.2. The lowest BCUT2D eigenvalue weighted by Gasteiger charge is -2.30. The maximum atomic E-state index is 11.9. The lowest BCUT2D eigenvalue weighted by Crippen LogP contribution is -2.46. The van der Waals surface area contributed by atoms with Crippen LogP contribution in [0.1, 0.15) is 36.4 Å². The molecule has 0 bridgehead atoms. The highest BCUT2D eigenvalue weighted by Crippen LogP contribution is 2.42. The van der Waals surface area contributed by atoms with E-state index in [4.69, 9.17) is 19.3 Å². The molecule has 2 aromatic heterocycles. The van der Waals surface area contributed by atoms with Crippen molar-refractivity contribution in [1.29, 1.82) is 0 Å². The minimum absolute atomic E-state index is 0.259. The first-order valence-electron chi connectivity index (χ1n) is 12.7. The fourth-order valence-corrected chi connectivity index (χ4v) is 5.21. The predicted octanol–water partition coefficient (Wildman–Crippen LogP) is 3.64. The molecular formula is C28H31N5O4. The molecule has 2 aliphatic heterocycles. The van der Waals surface area contributed by atoms with Gasteiger partial charge >= 0.3 is 0 Å². The van der Waals surface area contributed by atoms with Crippen LogP contribution in [0.2, 0.25) is 0 Å². The molecule has 192 valence electrons. The van der Waals surface area contributed by atoms with Gasteiger partial charge in [-0.15, -0.1) is 0 Å². The van der Waals surface area contributed by atoms with E-state index in [2.05, 4.69) is 15.3 Å². The Morgan fingerprint density at radius 1 is 1.05 bits per heavy atom. The van der Waals surface area contributed by atoms with E-state index in [1.807, 2.05) is 60.7 Å². The minimum atomic E-state index is -1.39. The minimum Gasteiger partial charge on any atom is -0.383 e. The van der Waals surface area contributed by atoms with Crippen LogP contribution in [0.5, 0.6) is 0 Å². The number of anilines is 1. The summed E-state index contributed by atoms with van der Waals surface area (Å²) in [6.07, 6.45) is 1.28. The number of rotatable bonds is 8. The van der Waals surface area contributed by atoms with Crippen molar-refractivity contribution in [3.63, 3.8) is 0 Å². The first kappa shape index (κ1) is 24.0. The van der Waals surface area contributed by atoms with Crippen LogP contribution in [0.25, 0.3) is 11.0 Å². The lowest BCUT2D eigenvalue weighted by atomic mass is 9.96. The molecule has 1 unspecified atom stereocenters. The Labute approximate surface area is 215 Å². The van der Waals surface area contributed by atoms with Crippen LogP contribution in [-0.4, -0.2) is 55.8 Å². The van der Waals surface area contributed by atoms with Gasteiger partial charge in [-0.2, -0.15) is 5.10 Å². The molecule has 0 radical (unpaired) electrons. The van der Waals surface area contributed by atoms with Gasteiger partial charge in [0.1, 0.15) is 30.0 Å². The maximum Gasteiger partial charge on any atom is 0.183 e. The highest BCUT2D eigenvalue weighted by Gasteiger charge is 2.55. The molecule has 0 saturated carbocycles. The van der Waals surface area contributed by atoms with Gasteiger partial charge in [-0.1, -0.05) is 60.7 Å². The third-order valence-electron chi connectivity index (χ3n) is 7.05. The highest BCUT2D eigenvalue weighted by molar-refractivity contribution is 5.89. The summed E-state index contributed by atoms with van der Waals surface area (Å²) in [5.74, 6) is 0.765. The van der Waals surface area contributed by atoms with E-state index in [9.17, 15) is 5.11 Å². The maximum absolute atomic E-state index is 11.9. The molecule has 4 aromatic rings. The second-order valence-electron chi connectivity index (χ2n) is 9.81. The average Bonchev–Trinajstić information content (AvgIpc) is 3.30. The molecule has 0 aliphatic carbocycles. The summed E-state index contributed by atoms with van der Waals surface area (Å²) in [5, 5.41) is 21.0. The third kappa shape index (κ3) is 4.71. The molecule has 4 heterocycles. The van der Waals surface area contributed by atoms with Gasteiger partial charge in [-0.3, -0.25) is 0 Å². The van der Waals surface area contributed by atoms with Crippen LogP contribution in [0.4, 0.5) is 5.82 Å². The van der Waals surface area contributed by atoms with Crippen molar-refractivity contribution >= 4 is 16.9 Å². The molecule has 2 N–H and O–H groups in total. The summed E-state index contributed by atoms with van der Waals surface area (Å²) in [5.41, 5.74) is 2.23. The molecular weight excluding hydrogens is 470 g/mol. The van der Waals surface area contributed by atoms with Gasteiger partial charge in [-0.25, -0.2) is 14.6 Å². The molecule has 2 aromatic carbocycles. The van der Waals surface area contributed by atoms with E-state index in [1.54, 1.807) is 11.6 Å². The van der Waals surface area contributed by atoms with Gasteiger partial charge in [-0.05, 0) is 30.9 Å². The van der Waals surface area contributed by atoms with Crippen LogP contribution in [0.3, 0.4) is 0 Å². The first-order valence-corrected chi connectivity index (χ1v) is 12.7. The number of aryl methyl sites for hydroxylation is 1. The Bertz CT molecular complexity index is 1340. The summed E-state index contributed by atoms with van der Waals surface area (Å²) in [4.78, 5) is 8.94. The number of nitrogens with zero attached hydrogens (tertiary/aromatic N) is 4. The summed E-state index contributed by atoms with van der Waals surface area (Å²) in [7, 11) is 0. The molecule has 1 saturated heterocycles. The second-order valence-corrected chi connectivity index (χ2v) is 9.81. The van der Waals surface area contributed by atoms with E-state index < -0.39 is 24.0 Å². The van der Waals surface area contributed by atoms with Crippen molar-refractivity contribution in [3.05, 3.63) is 83.8 Å². The van der Waals surface area contributed by atoms with Crippen molar-refractivity contribution in [2.75, 3.05) is 18.5 Å². The van der Waals surface area contributed by atoms with Crippen LogP contribution < -0.4 is 5.32 Å². The number of benzene rings is 2. The Hall–Kier alpha value is -3.37. The Morgan fingerprint density at radius 3 is 2.54 bits per heavy atom. The van der Waals surface area contributed by atoms with Gasteiger partial charge in [0.25, 0.3) is 0 Å². The molecule has 37 heavy (non-hydrogen) atoms. The molecule has 0 amide bonds. The Morgan fingerprint density at radius 2 is 1.78 bits per heavy atom. The van der Waals surface area contributed by atoms with Gasteiger partial charge in [0.15, 0.2) is 11.9 Å². The van der Waals surface area contributed by atoms with Crippen molar-refractivity contribution in [2.45, 2.75) is 57.0 Å².